The molecule has 0 spiro atoms. The van der Waals surface area contributed by atoms with Gasteiger partial charge >= 0.3 is 5.97 Å². The van der Waals surface area contributed by atoms with Crippen LogP contribution in [0.15, 0.2) is 0 Å². The molecule has 0 aromatic rings. The van der Waals surface area contributed by atoms with Crippen LogP contribution >= 0.6 is 0 Å². The second-order valence-corrected chi connectivity index (χ2v) is 8.88. The van der Waals surface area contributed by atoms with Crippen LogP contribution in [0, 0.1) is 11.5 Å². The molecule has 0 aromatic carbocycles. The largest absolute Gasteiger partial charge is 0.466 e. The Labute approximate surface area is 87.0 Å². The summed E-state index contributed by atoms with van der Waals surface area (Å²) in [5.74, 6) is 2.63. The van der Waals surface area contributed by atoms with E-state index in [1.807, 2.05) is 0 Å². The topological polar surface area (TPSA) is 52.3 Å². The number of ether oxygens (including phenoxy) is 1. The first-order valence-corrected chi connectivity index (χ1v) is 8.29. The number of rotatable bonds is 3. The van der Waals surface area contributed by atoms with Crippen molar-refractivity contribution in [3.63, 3.8) is 0 Å². The Hall–Kier alpha value is -0.793. The Kier molecular flexibility index (Phi) is 5.51. The van der Waals surface area contributed by atoms with Crippen LogP contribution in [0.25, 0.3) is 0 Å². The minimum absolute atomic E-state index is 0.186. The van der Waals surface area contributed by atoms with Crippen LogP contribution in [0.5, 0.6) is 0 Å². The average Bonchev–Trinajstić information content (AvgIpc) is 2.00. The third-order valence-electron chi connectivity index (χ3n) is 1.32. The number of esters is 1. The van der Waals surface area contributed by atoms with Crippen LogP contribution in [0.1, 0.15) is 13.3 Å². The molecule has 0 amide bonds. The highest BCUT2D eigenvalue weighted by molar-refractivity contribution is 6.83. The summed E-state index contributed by atoms with van der Waals surface area (Å²) in [6, 6.07) is -0.388. The lowest BCUT2D eigenvalue weighted by molar-refractivity contribution is -0.143. The summed E-state index contributed by atoms with van der Waals surface area (Å²) in [5.41, 5.74) is 8.79. The number of nitrogens with two attached hydrogens (primary N) is 1. The van der Waals surface area contributed by atoms with Crippen LogP contribution < -0.4 is 5.73 Å². The van der Waals surface area contributed by atoms with Gasteiger partial charge in [0.25, 0.3) is 0 Å². The zero-order valence-corrected chi connectivity index (χ0v) is 10.4. The predicted octanol–water partition coefficient (Wildman–Crippen LogP) is 1.15. The van der Waals surface area contributed by atoms with Gasteiger partial charge in [-0.3, -0.25) is 4.79 Å². The third kappa shape index (κ3) is 7.84. The molecular formula is C10H19NO2Si. The van der Waals surface area contributed by atoms with Crippen molar-refractivity contribution in [3.8, 4) is 11.5 Å². The highest BCUT2D eigenvalue weighted by Crippen LogP contribution is 1.97. The molecule has 0 bridgehead atoms. The second kappa shape index (κ2) is 5.84. The lowest BCUT2D eigenvalue weighted by Gasteiger charge is -2.07. The van der Waals surface area contributed by atoms with Gasteiger partial charge in [0.05, 0.1) is 19.1 Å². The molecule has 0 aromatic heterocycles. The van der Waals surface area contributed by atoms with E-state index in [0.29, 0.717) is 6.61 Å². The fraction of sp³-hybridized carbons (Fsp3) is 0.700. The predicted molar refractivity (Wildman–Crippen MR) is 60.3 cm³/mol. The maximum Gasteiger partial charge on any atom is 0.308 e. The van der Waals surface area contributed by atoms with E-state index in [0.717, 1.165) is 0 Å². The Bertz CT molecular complexity index is 247. The monoisotopic (exact) mass is 213 g/mol. The Morgan fingerprint density at radius 1 is 1.50 bits per heavy atom. The van der Waals surface area contributed by atoms with Crippen molar-refractivity contribution in [3.05, 3.63) is 0 Å². The van der Waals surface area contributed by atoms with Crippen LogP contribution in [0.3, 0.4) is 0 Å². The number of hydrogen-bond donors (Lipinski definition) is 1. The molecule has 3 nitrogen and oxygen atoms in total. The molecule has 0 heterocycles. The molecule has 1 atom stereocenters. The van der Waals surface area contributed by atoms with Crippen molar-refractivity contribution in [2.45, 2.75) is 39.0 Å². The van der Waals surface area contributed by atoms with E-state index < -0.39 is 8.07 Å². The van der Waals surface area contributed by atoms with Crippen molar-refractivity contribution in [2.24, 2.45) is 5.73 Å². The first-order chi connectivity index (χ1) is 6.35. The average molecular weight is 213 g/mol. The zero-order chi connectivity index (χ0) is 11.2. The van der Waals surface area contributed by atoms with Gasteiger partial charge in [-0.05, 0) is 6.92 Å². The fourth-order valence-electron chi connectivity index (χ4n) is 0.760. The van der Waals surface area contributed by atoms with Crippen molar-refractivity contribution in [1.29, 1.82) is 0 Å². The molecule has 0 fully saturated rings. The summed E-state index contributed by atoms with van der Waals surface area (Å²) < 4.78 is 4.77. The summed E-state index contributed by atoms with van der Waals surface area (Å²) >= 11 is 0. The maximum atomic E-state index is 11.0. The Morgan fingerprint density at radius 2 is 2.07 bits per heavy atom. The quantitative estimate of drug-likeness (QED) is 0.434. The number of hydrogen-bond acceptors (Lipinski definition) is 3. The molecule has 0 rings (SSSR count). The molecular weight excluding hydrogens is 194 g/mol. The molecule has 2 N–H and O–H groups in total. The molecule has 0 aliphatic heterocycles. The van der Waals surface area contributed by atoms with Crippen molar-refractivity contribution in [1.82, 2.24) is 0 Å². The van der Waals surface area contributed by atoms with E-state index in [4.69, 9.17) is 10.5 Å². The van der Waals surface area contributed by atoms with E-state index in [9.17, 15) is 4.79 Å². The molecule has 14 heavy (non-hydrogen) atoms. The second-order valence-electron chi connectivity index (χ2n) is 4.13. The molecule has 0 saturated heterocycles. The minimum Gasteiger partial charge on any atom is -0.466 e. The fourth-order valence-corrected chi connectivity index (χ4v) is 1.38. The van der Waals surface area contributed by atoms with Gasteiger partial charge in [0.1, 0.15) is 8.07 Å². The van der Waals surface area contributed by atoms with Crippen LogP contribution in [-0.4, -0.2) is 26.7 Å². The molecule has 4 heteroatoms. The first kappa shape index (κ1) is 13.2. The van der Waals surface area contributed by atoms with E-state index in [1.165, 1.54) is 0 Å². The summed E-state index contributed by atoms with van der Waals surface area (Å²) in [6.07, 6.45) is 0.186. The van der Waals surface area contributed by atoms with Crippen LogP contribution in [0.4, 0.5) is 0 Å². The zero-order valence-electron chi connectivity index (χ0n) is 9.39. The normalized spacial score (nSPS) is 12.6. The van der Waals surface area contributed by atoms with E-state index in [1.54, 1.807) is 6.92 Å². The van der Waals surface area contributed by atoms with Gasteiger partial charge in [-0.1, -0.05) is 25.6 Å². The van der Waals surface area contributed by atoms with Gasteiger partial charge in [-0.25, -0.2) is 0 Å². The minimum atomic E-state index is -1.38. The summed E-state index contributed by atoms with van der Waals surface area (Å²) in [6.45, 7) is 8.58. The summed E-state index contributed by atoms with van der Waals surface area (Å²) in [7, 11) is -1.38. The highest BCUT2D eigenvalue weighted by Gasteiger charge is 2.10. The summed E-state index contributed by atoms with van der Waals surface area (Å²) in [5, 5.41) is 0. The Balaban J connectivity index is 4.02. The van der Waals surface area contributed by atoms with Crippen molar-refractivity contribution < 1.29 is 9.53 Å². The third-order valence-corrected chi connectivity index (χ3v) is 2.22. The van der Waals surface area contributed by atoms with Gasteiger partial charge < -0.3 is 10.5 Å². The van der Waals surface area contributed by atoms with Gasteiger partial charge in [0, 0.05) is 0 Å². The van der Waals surface area contributed by atoms with Crippen LogP contribution in [-0.2, 0) is 9.53 Å². The lowest BCUT2D eigenvalue weighted by Crippen LogP contribution is -2.25. The molecule has 80 valence electrons. The van der Waals surface area contributed by atoms with E-state index >= 15 is 0 Å². The smallest absolute Gasteiger partial charge is 0.308 e. The van der Waals surface area contributed by atoms with Crippen molar-refractivity contribution >= 4 is 14.0 Å². The molecule has 0 aliphatic rings. The Morgan fingerprint density at radius 3 is 2.50 bits per heavy atom. The SMILES string of the molecule is CCOC(=O)C[C@H](N)C#C[Si](C)(C)C. The van der Waals surface area contributed by atoms with E-state index in [-0.39, 0.29) is 18.4 Å². The van der Waals surface area contributed by atoms with Gasteiger partial charge in [-0.2, -0.15) is 0 Å². The maximum absolute atomic E-state index is 11.0. The molecule has 0 aliphatic carbocycles. The summed E-state index contributed by atoms with van der Waals surface area (Å²) in [4.78, 5) is 11.0. The molecule has 0 unspecified atom stereocenters. The van der Waals surface area contributed by atoms with Gasteiger partial charge in [-0.15, -0.1) is 5.54 Å². The van der Waals surface area contributed by atoms with Crippen molar-refractivity contribution in [2.75, 3.05) is 6.61 Å². The number of carbonyl (C=O) groups excluding carboxylic acids is 1. The van der Waals surface area contributed by atoms with Crippen LogP contribution in [0.2, 0.25) is 19.6 Å². The van der Waals surface area contributed by atoms with Gasteiger partial charge in [0.15, 0.2) is 0 Å². The molecule has 0 radical (unpaired) electrons. The highest BCUT2D eigenvalue weighted by atomic mass is 28.3. The lowest BCUT2D eigenvalue weighted by atomic mass is 10.2. The standard InChI is InChI=1S/C10H19NO2Si/c1-5-13-10(12)8-9(11)6-7-14(2,3)4/h9H,5,8,11H2,1-4H3/t9-/m1/s1. The number of carbonyl (C=O) groups is 1. The van der Waals surface area contributed by atoms with E-state index in [2.05, 4.69) is 31.1 Å². The van der Waals surface area contributed by atoms with Gasteiger partial charge in [0.2, 0.25) is 0 Å². The molecule has 0 saturated carbocycles. The first-order valence-electron chi connectivity index (χ1n) is 4.79.